The van der Waals surface area contributed by atoms with Gasteiger partial charge in [0.25, 0.3) is 0 Å². The minimum Gasteiger partial charge on any atom is -0.358 e. The van der Waals surface area contributed by atoms with Crippen LogP contribution in [-0.2, 0) is 0 Å². The first kappa shape index (κ1) is 38.2. The van der Waals surface area contributed by atoms with Crippen molar-refractivity contribution < 1.29 is 0 Å². The zero-order chi connectivity index (χ0) is 27.8. The third-order valence-electron chi connectivity index (χ3n) is 8.33. The summed E-state index contributed by atoms with van der Waals surface area (Å²) in [4.78, 5) is 2.35. The molecule has 0 rings (SSSR count). The lowest BCUT2D eigenvalue weighted by molar-refractivity contribution is 0.394. The van der Waals surface area contributed by atoms with Crippen LogP contribution >= 0.6 is 24.8 Å². The lowest BCUT2D eigenvalue weighted by Gasteiger charge is -2.22. The molecule has 0 unspecified atom stereocenters. The summed E-state index contributed by atoms with van der Waals surface area (Å²) in [5.41, 5.74) is 0. The van der Waals surface area contributed by atoms with Gasteiger partial charge in [-0.2, -0.15) is 0 Å². The molecule has 0 atom stereocenters. The van der Waals surface area contributed by atoms with Gasteiger partial charge in [0.15, 0.2) is 0 Å². The van der Waals surface area contributed by atoms with Gasteiger partial charge >= 0.3 is 0 Å². The Morgan fingerprint density at radius 1 is 0.368 bits per heavy atom. The van der Waals surface area contributed by atoms with E-state index in [9.17, 15) is 0 Å². The lowest BCUT2D eigenvalue weighted by atomic mass is 10.0. The highest BCUT2D eigenvalue weighted by Crippen LogP contribution is 2.15. The van der Waals surface area contributed by atoms with Gasteiger partial charge in [0.2, 0.25) is 0 Å². The van der Waals surface area contributed by atoms with E-state index in [2.05, 4.69) is 31.4 Å². The molecule has 0 aliphatic carbocycles. The van der Waals surface area contributed by atoms with Gasteiger partial charge in [-0.3, -0.25) is 0 Å². The quantitative estimate of drug-likeness (QED) is 0.0487. The Labute approximate surface area is 252 Å². The van der Waals surface area contributed by atoms with E-state index < -0.39 is 0 Å². The van der Waals surface area contributed by atoms with Crippen molar-refractivity contribution in [2.24, 2.45) is 0 Å². The molecule has 0 saturated carbocycles. The fraction of sp³-hybridized carbons (Fsp3) is 0.971. The van der Waals surface area contributed by atoms with Crippen LogP contribution in [0.1, 0.15) is 206 Å². The molecular formula is C35H71NS2. The molecule has 0 heterocycles. The Bertz CT molecular complexity index is 419. The maximum absolute atomic E-state index is 5.42. The van der Waals surface area contributed by atoms with E-state index in [-0.39, 0.29) is 0 Å². The number of hydrogen-bond donors (Lipinski definition) is 1. The molecule has 0 saturated heterocycles. The third kappa shape index (κ3) is 30.8. The summed E-state index contributed by atoms with van der Waals surface area (Å²) in [7, 11) is 0. The summed E-state index contributed by atoms with van der Waals surface area (Å²) in [6.45, 7) is 6.82. The average molecular weight is 570 g/mol. The van der Waals surface area contributed by atoms with Crippen LogP contribution in [0.4, 0.5) is 0 Å². The highest BCUT2D eigenvalue weighted by Gasteiger charge is 2.06. The van der Waals surface area contributed by atoms with Crippen LogP contribution in [0.15, 0.2) is 0 Å². The first-order valence-electron chi connectivity index (χ1n) is 17.7. The maximum atomic E-state index is 5.42. The summed E-state index contributed by atoms with van der Waals surface area (Å²) < 4.78 is 0.806. The van der Waals surface area contributed by atoms with Gasteiger partial charge in [-0.1, -0.05) is 206 Å². The average Bonchev–Trinajstić information content (AvgIpc) is 2.91. The molecule has 0 radical (unpaired) electrons. The van der Waals surface area contributed by atoms with E-state index in [1.165, 1.54) is 193 Å². The van der Waals surface area contributed by atoms with Gasteiger partial charge in [-0.05, 0) is 12.8 Å². The second-order valence-electron chi connectivity index (χ2n) is 12.2. The number of thiol groups is 1. The molecule has 0 aliphatic rings. The second-order valence-corrected chi connectivity index (χ2v) is 13.3. The van der Waals surface area contributed by atoms with Gasteiger partial charge in [0, 0.05) is 13.1 Å². The fourth-order valence-corrected chi connectivity index (χ4v) is 6.03. The Hall–Kier alpha value is 0.240. The van der Waals surface area contributed by atoms with Crippen LogP contribution in [0.25, 0.3) is 0 Å². The summed E-state index contributed by atoms with van der Waals surface area (Å²) >= 11 is 9.92. The van der Waals surface area contributed by atoms with Gasteiger partial charge in [-0.25, -0.2) is 0 Å². The first-order valence-corrected chi connectivity index (χ1v) is 18.6. The summed E-state index contributed by atoms with van der Waals surface area (Å²) in [6, 6.07) is 0. The van der Waals surface area contributed by atoms with Crippen molar-refractivity contribution in [1.82, 2.24) is 4.90 Å². The molecule has 0 N–H and O–H groups in total. The first-order chi connectivity index (χ1) is 18.7. The van der Waals surface area contributed by atoms with Gasteiger partial charge in [0.05, 0.1) is 0 Å². The van der Waals surface area contributed by atoms with Crippen molar-refractivity contribution >= 4 is 29.2 Å². The Morgan fingerprint density at radius 3 is 0.737 bits per heavy atom. The highest BCUT2D eigenvalue weighted by molar-refractivity contribution is 8.10. The van der Waals surface area contributed by atoms with Crippen LogP contribution in [0.3, 0.4) is 0 Å². The van der Waals surface area contributed by atoms with Crippen LogP contribution in [0.5, 0.6) is 0 Å². The monoisotopic (exact) mass is 570 g/mol. The van der Waals surface area contributed by atoms with Crippen molar-refractivity contribution in [3.8, 4) is 0 Å². The Morgan fingerprint density at radius 2 is 0.553 bits per heavy atom. The van der Waals surface area contributed by atoms with E-state index in [4.69, 9.17) is 12.2 Å². The van der Waals surface area contributed by atoms with E-state index in [1.54, 1.807) is 0 Å². The van der Waals surface area contributed by atoms with Crippen molar-refractivity contribution in [3.05, 3.63) is 0 Å². The molecule has 3 heteroatoms. The van der Waals surface area contributed by atoms with Crippen molar-refractivity contribution in [2.75, 3.05) is 13.1 Å². The highest BCUT2D eigenvalue weighted by atomic mass is 32.1. The number of hydrogen-bond acceptors (Lipinski definition) is 1. The molecule has 1 nitrogen and oxygen atoms in total. The van der Waals surface area contributed by atoms with Crippen LogP contribution in [-0.4, -0.2) is 22.3 Å². The predicted molar refractivity (Wildman–Crippen MR) is 183 cm³/mol. The van der Waals surface area contributed by atoms with Gasteiger partial charge < -0.3 is 4.90 Å². The normalized spacial score (nSPS) is 11.3. The van der Waals surface area contributed by atoms with Crippen LogP contribution in [0.2, 0.25) is 0 Å². The molecule has 0 aliphatic heterocycles. The minimum atomic E-state index is 0.806. The molecule has 0 spiro atoms. The second kappa shape index (κ2) is 33.4. The molecular weight excluding hydrogens is 499 g/mol. The maximum Gasteiger partial charge on any atom is 0.133 e. The number of unbranched alkanes of at least 4 members (excludes halogenated alkanes) is 28. The summed E-state index contributed by atoms with van der Waals surface area (Å²) in [5.74, 6) is 0. The molecule has 0 fully saturated rings. The van der Waals surface area contributed by atoms with Gasteiger partial charge in [0.1, 0.15) is 4.32 Å². The van der Waals surface area contributed by atoms with Crippen LogP contribution in [0, 0.1) is 0 Å². The standard InChI is InChI=1S/C35H71NS2/c1-3-5-7-9-11-13-15-17-19-21-23-25-27-29-31-33-36(35(37)38)34-32-30-28-26-24-22-20-18-16-14-12-10-8-6-4-2/h3-34H2,1-2H3,(H,37,38). The van der Waals surface area contributed by atoms with E-state index >= 15 is 0 Å². The molecule has 0 amide bonds. The smallest absolute Gasteiger partial charge is 0.133 e. The SMILES string of the molecule is CCCCCCCCCCCCCCCCCN(CCCCCCCCCCCCCCCCC)C(=S)S. The molecule has 0 aromatic heterocycles. The van der Waals surface area contributed by atoms with E-state index in [0.29, 0.717) is 0 Å². The molecule has 38 heavy (non-hydrogen) atoms. The molecule has 0 aromatic rings. The topological polar surface area (TPSA) is 3.24 Å². The van der Waals surface area contributed by atoms with Crippen molar-refractivity contribution in [1.29, 1.82) is 0 Å². The molecule has 0 bridgehead atoms. The van der Waals surface area contributed by atoms with Crippen LogP contribution < -0.4 is 0 Å². The largest absolute Gasteiger partial charge is 0.358 e. The zero-order valence-electron chi connectivity index (χ0n) is 26.4. The fourth-order valence-electron chi connectivity index (χ4n) is 5.65. The zero-order valence-corrected chi connectivity index (χ0v) is 28.1. The molecule has 0 aromatic carbocycles. The van der Waals surface area contributed by atoms with Crippen molar-refractivity contribution in [2.45, 2.75) is 206 Å². The number of nitrogens with zero attached hydrogens (tertiary/aromatic N) is 1. The predicted octanol–water partition coefficient (Wildman–Crippen LogP) is 13.2. The Kier molecular flexibility index (Phi) is 33.7. The van der Waals surface area contributed by atoms with E-state index in [0.717, 1.165) is 17.4 Å². The summed E-state index contributed by atoms with van der Waals surface area (Å²) in [5, 5.41) is 0. The lowest BCUT2D eigenvalue weighted by Crippen LogP contribution is -2.28. The van der Waals surface area contributed by atoms with Gasteiger partial charge in [-0.15, -0.1) is 12.6 Å². The van der Waals surface area contributed by atoms with Crippen molar-refractivity contribution in [3.63, 3.8) is 0 Å². The minimum absolute atomic E-state index is 0.806. The third-order valence-corrected chi connectivity index (χ3v) is 8.87. The number of thiocarbonyl (C=S) groups is 1. The van der Waals surface area contributed by atoms with E-state index in [1.807, 2.05) is 0 Å². The molecule has 228 valence electrons. The Balaban J connectivity index is 3.38. The number of rotatable bonds is 32. The summed E-state index contributed by atoms with van der Waals surface area (Å²) in [6.07, 6.45) is 42.7.